The largest absolute Gasteiger partial charge is 0.497 e. The number of rotatable bonds is 12. The highest BCUT2D eigenvalue weighted by atomic mass is 32.2. The van der Waals surface area contributed by atoms with E-state index in [0.29, 0.717) is 17.9 Å². The number of para-hydroxylation sites is 1. The molecule has 218 valence electrons. The summed E-state index contributed by atoms with van der Waals surface area (Å²) in [6, 6.07) is 21.8. The minimum Gasteiger partial charge on any atom is -0.497 e. The maximum atomic E-state index is 14.2. The summed E-state index contributed by atoms with van der Waals surface area (Å²) < 4.78 is 34.3. The number of carbonyl (C=O) groups excluding carboxylic acids is 2. The van der Waals surface area contributed by atoms with Gasteiger partial charge in [0.05, 0.1) is 17.7 Å². The highest BCUT2D eigenvalue weighted by Gasteiger charge is 2.34. The third-order valence-electron chi connectivity index (χ3n) is 7.51. The Hall–Kier alpha value is -3.85. The Morgan fingerprint density at radius 3 is 2.29 bits per heavy atom. The van der Waals surface area contributed by atoms with Gasteiger partial charge in [-0.1, -0.05) is 67.8 Å². The van der Waals surface area contributed by atoms with E-state index in [1.54, 1.807) is 61.7 Å². The third-order valence-corrected chi connectivity index (χ3v) is 9.29. The Bertz CT molecular complexity index is 1420. The average molecular weight is 578 g/mol. The summed E-state index contributed by atoms with van der Waals surface area (Å²) in [6.07, 6.45) is 4.35. The van der Waals surface area contributed by atoms with E-state index in [0.717, 1.165) is 41.1 Å². The van der Waals surface area contributed by atoms with Crippen LogP contribution in [0, 0.1) is 6.92 Å². The topological polar surface area (TPSA) is 96.0 Å². The van der Waals surface area contributed by atoms with Crippen molar-refractivity contribution in [2.45, 2.75) is 69.5 Å². The number of hydrogen-bond donors (Lipinski definition) is 1. The molecular formula is C32H39N3O5S. The van der Waals surface area contributed by atoms with Gasteiger partial charge in [0.25, 0.3) is 10.0 Å². The number of nitrogens with one attached hydrogen (secondary N) is 1. The Kier molecular flexibility index (Phi) is 10.0. The highest BCUT2D eigenvalue weighted by Crippen LogP contribution is 2.26. The van der Waals surface area contributed by atoms with Crippen LogP contribution in [0.25, 0.3) is 0 Å². The molecule has 9 heteroatoms. The molecule has 0 radical (unpaired) electrons. The van der Waals surface area contributed by atoms with Crippen molar-refractivity contribution in [3.05, 3.63) is 90.0 Å². The molecule has 0 unspecified atom stereocenters. The zero-order valence-electron chi connectivity index (χ0n) is 24.0. The number of benzene rings is 3. The van der Waals surface area contributed by atoms with Crippen LogP contribution in [-0.4, -0.2) is 50.9 Å². The summed E-state index contributed by atoms with van der Waals surface area (Å²) in [5.74, 6) is -0.0599. The van der Waals surface area contributed by atoms with Gasteiger partial charge in [0.1, 0.15) is 18.3 Å². The van der Waals surface area contributed by atoms with Crippen molar-refractivity contribution in [3.63, 3.8) is 0 Å². The lowest BCUT2D eigenvalue weighted by molar-refractivity contribution is -0.140. The first-order chi connectivity index (χ1) is 19.7. The predicted octanol–water partition coefficient (Wildman–Crippen LogP) is 5.07. The molecule has 4 rings (SSSR count). The number of anilines is 1. The van der Waals surface area contributed by atoms with E-state index in [9.17, 15) is 18.0 Å². The van der Waals surface area contributed by atoms with Crippen molar-refractivity contribution >= 4 is 27.5 Å². The van der Waals surface area contributed by atoms with Crippen LogP contribution in [0.3, 0.4) is 0 Å². The summed E-state index contributed by atoms with van der Waals surface area (Å²) in [5.41, 5.74) is 2.07. The molecule has 0 bridgehead atoms. The van der Waals surface area contributed by atoms with E-state index in [1.807, 2.05) is 38.1 Å². The smallest absolute Gasteiger partial charge is 0.264 e. The minimum atomic E-state index is -4.09. The first-order valence-electron chi connectivity index (χ1n) is 14.1. The van der Waals surface area contributed by atoms with Crippen molar-refractivity contribution in [1.82, 2.24) is 10.2 Å². The van der Waals surface area contributed by atoms with Gasteiger partial charge in [-0.05, 0) is 68.1 Å². The molecule has 41 heavy (non-hydrogen) atoms. The molecule has 1 N–H and O–H groups in total. The van der Waals surface area contributed by atoms with Crippen molar-refractivity contribution in [3.8, 4) is 5.75 Å². The van der Waals surface area contributed by atoms with Gasteiger partial charge in [-0.15, -0.1) is 0 Å². The van der Waals surface area contributed by atoms with E-state index in [4.69, 9.17) is 4.74 Å². The number of nitrogens with zero attached hydrogens (tertiary/aromatic N) is 2. The lowest BCUT2D eigenvalue weighted by Crippen LogP contribution is -2.53. The number of amides is 2. The fourth-order valence-electron chi connectivity index (χ4n) is 5.21. The van der Waals surface area contributed by atoms with Crippen molar-refractivity contribution in [1.29, 1.82) is 0 Å². The third kappa shape index (κ3) is 7.47. The van der Waals surface area contributed by atoms with Crippen LogP contribution in [0.5, 0.6) is 5.75 Å². The Labute approximate surface area is 243 Å². The van der Waals surface area contributed by atoms with Gasteiger partial charge in [0, 0.05) is 12.6 Å². The van der Waals surface area contributed by atoms with Crippen LogP contribution in [0.2, 0.25) is 0 Å². The number of aryl methyl sites for hydroxylation is 1. The molecule has 0 aliphatic heterocycles. The zero-order chi connectivity index (χ0) is 29.4. The van der Waals surface area contributed by atoms with Crippen molar-refractivity contribution in [2.24, 2.45) is 0 Å². The molecular weight excluding hydrogens is 538 g/mol. The number of sulfonamides is 1. The average Bonchev–Trinajstić information content (AvgIpc) is 3.49. The lowest BCUT2D eigenvalue weighted by atomic mass is 10.1. The SMILES string of the molecule is CC[C@@H](C(=O)NC1CCCC1)N(Cc1cccc(OC)c1)C(=O)CN(c1ccccc1)S(=O)(=O)c1ccc(C)cc1. The van der Waals surface area contributed by atoms with Gasteiger partial charge in [0.15, 0.2) is 0 Å². The van der Waals surface area contributed by atoms with Gasteiger partial charge in [-0.3, -0.25) is 13.9 Å². The quantitative estimate of drug-likeness (QED) is 0.325. The molecule has 0 saturated heterocycles. The Morgan fingerprint density at radius 2 is 1.66 bits per heavy atom. The molecule has 1 aliphatic carbocycles. The predicted molar refractivity (Wildman–Crippen MR) is 160 cm³/mol. The van der Waals surface area contributed by atoms with Crippen LogP contribution < -0.4 is 14.4 Å². The van der Waals surface area contributed by atoms with Gasteiger partial charge in [0.2, 0.25) is 11.8 Å². The second-order valence-corrected chi connectivity index (χ2v) is 12.3. The fourth-order valence-corrected chi connectivity index (χ4v) is 6.63. The van der Waals surface area contributed by atoms with Crippen LogP contribution in [0.15, 0.2) is 83.8 Å². The van der Waals surface area contributed by atoms with Gasteiger partial charge in [-0.25, -0.2) is 8.42 Å². The number of carbonyl (C=O) groups is 2. The van der Waals surface area contributed by atoms with E-state index >= 15 is 0 Å². The van der Waals surface area contributed by atoms with Gasteiger partial charge >= 0.3 is 0 Å². The van der Waals surface area contributed by atoms with Crippen molar-refractivity contribution < 1.29 is 22.7 Å². The summed E-state index contributed by atoms with van der Waals surface area (Å²) in [4.78, 5) is 29.3. The summed E-state index contributed by atoms with van der Waals surface area (Å²) in [5, 5.41) is 3.13. The molecule has 1 saturated carbocycles. The zero-order valence-corrected chi connectivity index (χ0v) is 24.8. The first-order valence-corrected chi connectivity index (χ1v) is 15.5. The first kappa shape index (κ1) is 30.1. The van der Waals surface area contributed by atoms with Crippen LogP contribution in [0.1, 0.15) is 50.2 Å². The summed E-state index contributed by atoms with van der Waals surface area (Å²) in [7, 11) is -2.52. The second kappa shape index (κ2) is 13.7. The molecule has 0 aromatic heterocycles. The molecule has 3 aromatic rings. The monoisotopic (exact) mass is 577 g/mol. The molecule has 3 aromatic carbocycles. The molecule has 0 heterocycles. The van der Waals surface area contributed by atoms with Gasteiger partial charge < -0.3 is 15.0 Å². The lowest BCUT2D eigenvalue weighted by Gasteiger charge is -2.33. The van der Waals surface area contributed by atoms with Crippen LogP contribution in [-0.2, 0) is 26.2 Å². The number of hydrogen-bond acceptors (Lipinski definition) is 5. The molecule has 0 spiro atoms. The Balaban J connectivity index is 1.70. The standard InChI is InChI=1S/C32H39N3O5S/c1-4-30(32(37)33-26-12-8-9-13-26)34(22-25-11-10-16-28(21-25)40-3)31(36)23-35(27-14-6-5-7-15-27)41(38,39)29-19-17-24(2)18-20-29/h5-7,10-11,14-21,26,30H,4,8-9,12-13,22-23H2,1-3H3,(H,33,37)/t30-/m0/s1. The second-order valence-electron chi connectivity index (χ2n) is 10.4. The highest BCUT2D eigenvalue weighted by molar-refractivity contribution is 7.92. The van der Waals surface area contributed by atoms with Crippen LogP contribution >= 0.6 is 0 Å². The minimum absolute atomic E-state index is 0.0881. The van der Waals surface area contributed by atoms with Gasteiger partial charge in [-0.2, -0.15) is 0 Å². The van der Waals surface area contributed by atoms with Crippen molar-refractivity contribution in [2.75, 3.05) is 18.0 Å². The normalized spacial score (nSPS) is 14.3. The van der Waals surface area contributed by atoms with Crippen LogP contribution in [0.4, 0.5) is 5.69 Å². The van der Waals surface area contributed by atoms with E-state index < -0.39 is 28.5 Å². The number of methoxy groups -OCH3 is 1. The number of ether oxygens (including phenoxy) is 1. The molecule has 1 aliphatic rings. The Morgan fingerprint density at radius 1 is 0.976 bits per heavy atom. The summed E-state index contributed by atoms with van der Waals surface area (Å²) >= 11 is 0. The molecule has 1 fully saturated rings. The van der Waals surface area contributed by atoms with E-state index in [2.05, 4.69) is 5.32 Å². The summed E-state index contributed by atoms with van der Waals surface area (Å²) in [6.45, 7) is 3.41. The molecule has 2 amide bonds. The molecule has 8 nitrogen and oxygen atoms in total. The maximum absolute atomic E-state index is 14.2. The van der Waals surface area contributed by atoms with E-state index in [-0.39, 0.29) is 23.4 Å². The maximum Gasteiger partial charge on any atom is 0.264 e. The molecule has 1 atom stereocenters. The van der Waals surface area contributed by atoms with E-state index in [1.165, 1.54) is 4.90 Å². The fraction of sp³-hybridized carbons (Fsp3) is 0.375.